The number of hydrogen-bond acceptors (Lipinski definition) is 3. The first kappa shape index (κ1) is 18.9. The van der Waals surface area contributed by atoms with Gasteiger partial charge in [0.15, 0.2) is 5.78 Å². The highest BCUT2D eigenvalue weighted by Gasteiger charge is 2.32. The van der Waals surface area contributed by atoms with Crippen LogP contribution < -0.4 is 5.73 Å². The van der Waals surface area contributed by atoms with Crippen molar-refractivity contribution in [2.45, 2.75) is 19.0 Å². The number of ketones is 1. The first-order valence-electron chi connectivity index (χ1n) is 6.66. The molecule has 2 aromatic rings. The number of rotatable bonds is 5. The quantitative estimate of drug-likeness (QED) is 0.568. The van der Waals surface area contributed by atoms with Crippen molar-refractivity contribution in [1.82, 2.24) is 9.78 Å². The van der Waals surface area contributed by atoms with Crippen molar-refractivity contribution in [2.75, 3.05) is 11.6 Å². The second-order valence-electron chi connectivity index (χ2n) is 4.87. The molecule has 0 radical (unpaired) electrons. The zero-order valence-electron chi connectivity index (χ0n) is 12.0. The van der Waals surface area contributed by atoms with Gasteiger partial charge in [0, 0.05) is 18.4 Å². The fraction of sp³-hybridized carbons (Fsp3) is 0.286. The van der Waals surface area contributed by atoms with Crippen LogP contribution in [0.15, 0.2) is 18.2 Å². The van der Waals surface area contributed by atoms with Gasteiger partial charge in [-0.1, -0.05) is 23.2 Å². The molecule has 130 valence electrons. The van der Waals surface area contributed by atoms with Gasteiger partial charge in [-0.05, 0) is 18.6 Å². The average Bonchev–Trinajstić information content (AvgIpc) is 2.84. The van der Waals surface area contributed by atoms with Crippen molar-refractivity contribution < 1.29 is 18.0 Å². The van der Waals surface area contributed by atoms with Crippen LogP contribution in [0.5, 0.6) is 0 Å². The molecule has 0 saturated carbocycles. The lowest BCUT2D eigenvalue weighted by molar-refractivity contribution is -0.137. The zero-order valence-corrected chi connectivity index (χ0v) is 14.3. The van der Waals surface area contributed by atoms with E-state index in [1.165, 1.54) is 6.07 Å². The van der Waals surface area contributed by atoms with Crippen LogP contribution >= 0.6 is 34.8 Å². The standard InChI is InChI=1S/C14H11Cl3F3N3O/c15-3-1-2-11(24)10-6-12(21)22-23(10)13-8(16)4-7(5-9(13)17)14(18,19)20/h4-6H,1-3H2,(H2,21,22). The van der Waals surface area contributed by atoms with E-state index in [0.717, 1.165) is 4.68 Å². The predicted octanol–water partition coefficient (Wildman–Crippen LogP) is 4.98. The highest BCUT2D eigenvalue weighted by Crippen LogP contribution is 2.38. The predicted molar refractivity (Wildman–Crippen MR) is 87.3 cm³/mol. The van der Waals surface area contributed by atoms with E-state index < -0.39 is 11.7 Å². The van der Waals surface area contributed by atoms with Gasteiger partial charge >= 0.3 is 6.18 Å². The molecule has 1 heterocycles. The summed E-state index contributed by atoms with van der Waals surface area (Å²) in [6, 6.07) is 2.74. The number of hydrogen-bond donors (Lipinski definition) is 1. The van der Waals surface area contributed by atoms with Crippen LogP contribution in [-0.4, -0.2) is 21.4 Å². The Kier molecular flexibility index (Phi) is 5.67. The first-order chi connectivity index (χ1) is 11.1. The Morgan fingerprint density at radius 1 is 1.21 bits per heavy atom. The van der Waals surface area contributed by atoms with Crippen LogP contribution in [0, 0.1) is 0 Å². The van der Waals surface area contributed by atoms with Crippen LogP contribution in [-0.2, 0) is 6.18 Å². The summed E-state index contributed by atoms with van der Waals surface area (Å²) in [6.07, 6.45) is -4.04. The van der Waals surface area contributed by atoms with E-state index in [9.17, 15) is 18.0 Å². The Hall–Kier alpha value is -1.44. The van der Waals surface area contributed by atoms with Gasteiger partial charge in [-0.2, -0.15) is 13.2 Å². The van der Waals surface area contributed by atoms with E-state index in [1.807, 2.05) is 0 Å². The second-order valence-corrected chi connectivity index (χ2v) is 6.06. The minimum absolute atomic E-state index is 0.0104. The largest absolute Gasteiger partial charge is 0.416 e. The maximum absolute atomic E-state index is 12.8. The molecule has 0 fully saturated rings. The molecule has 0 amide bonds. The van der Waals surface area contributed by atoms with Crippen LogP contribution in [0.1, 0.15) is 28.9 Å². The zero-order chi connectivity index (χ0) is 18.1. The van der Waals surface area contributed by atoms with Crippen LogP contribution in [0.2, 0.25) is 10.0 Å². The number of anilines is 1. The Bertz CT molecular complexity index is 751. The number of alkyl halides is 4. The van der Waals surface area contributed by atoms with E-state index in [4.69, 9.17) is 40.5 Å². The smallest absolute Gasteiger partial charge is 0.382 e. The number of nitrogens with two attached hydrogens (primary N) is 1. The molecular weight excluding hydrogens is 390 g/mol. The van der Waals surface area contributed by atoms with Gasteiger partial charge in [0.05, 0.1) is 15.6 Å². The fourth-order valence-electron chi connectivity index (χ4n) is 2.06. The summed E-state index contributed by atoms with van der Waals surface area (Å²) < 4.78 is 39.5. The topological polar surface area (TPSA) is 60.9 Å². The molecule has 0 aliphatic rings. The maximum atomic E-state index is 12.8. The van der Waals surface area contributed by atoms with Gasteiger partial charge in [-0.25, -0.2) is 4.68 Å². The molecule has 4 nitrogen and oxygen atoms in total. The minimum atomic E-state index is -4.60. The summed E-state index contributed by atoms with van der Waals surface area (Å²) in [6.45, 7) is 0. The minimum Gasteiger partial charge on any atom is -0.382 e. The van der Waals surface area contributed by atoms with Crippen LogP contribution in [0.4, 0.5) is 19.0 Å². The lowest BCUT2D eigenvalue weighted by Gasteiger charge is -2.14. The van der Waals surface area contributed by atoms with Crippen LogP contribution in [0.25, 0.3) is 5.69 Å². The number of nitrogens with zero attached hydrogens (tertiary/aromatic N) is 2. The number of halogens is 6. The molecular formula is C14H11Cl3F3N3O. The highest BCUT2D eigenvalue weighted by molar-refractivity contribution is 6.38. The van der Waals surface area contributed by atoms with Gasteiger partial charge in [0.2, 0.25) is 0 Å². The van der Waals surface area contributed by atoms with Gasteiger partial charge in [-0.15, -0.1) is 16.7 Å². The second kappa shape index (κ2) is 7.21. The molecule has 0 aliphatic carbocycles. The molecule has 0 bridgehead atoms. The summed E-state index contributed by atoms with van der Waals surface area (Å²) in [5.41, 5.74) is 4.63. The third-order valence-corrected chi connectivity index (χ3v) is 3.95. The maximum Gasteiger partial charge on any atom is 0.416 e. The summed E-state index contributed by atoms with van der Waals surface area (Å²) in [5, 5.41) is 3.31. The van der Waals surface area contributed by atoms with Crippen molar-refractivity contribution in [1.29, 1.82) is 0 Å². The molecule has 0 saturated heterocycles. The number of carbonyl (C=O) groups excluding carboxylic acids is 1. The molecule has 2 N–H and O–H groups in total. The summed E-state index contributed by atoms with van der Waals surface area (Å²) in [7, 11) is 0. The Labute approximate surface area is 150 Å². The third-order valence-electron chi connectivity index (χ3n) is 3.11. The number of nitrogen functional groups attached to an aromatic ring is 1. The fourth-order valence-corrected chi connectivity index (χ4v) is 2.84. The molecule has 0 atom stereocenters. The Morgan fingerprint density at radius 2 is 1.79 bits per heavy atom. The summed E-state index contributed by atoms with van der Waals surface area (Å²) in [4.78, 5) is 12.2. The van der Waals surface area contributed by atoms with E-state index in [1.54, 1.807) is 0 Å². The molecule has 2 rings (SSSR count). The first-order valence-corrected chi connectivity index (χ1v) is 7.95. The number of Topliss-reactive ketones (excluding diaryl/α,β-unsaturated/α-hetero) is 1. The number of carbonyl (C=O) groups is 1. The molecule has 1 aromatic carbocycles. The van der Waals surface area contributed by atoms with E-state index >= 15 is 0 Å². The van der Waals surface area contributed by atoms with Gasteiger partial charge < -0.3 is 5.73 Å². The van der Waals surface area contributed by atoms with Crippen molar-refractivity contribution in [3.8, 4) is 5.69 Å². The van der Waals surface area contributed by atoms with E-state index in [-0.39, 0.29) is 45.3 Å². The van der Waals surface area contributed by atoms with Crippen LogP contribution in [0.3, 0.4) is 0 Å². The number of aromatic nitrogens is 2. The molecule has 10 heteroatoms. The summed E-state index contributed by atoms with van der Waals surface area (Å²) >= 11 is 17.5. The normalized spacial score (nSPS) is 11.8. The Balaban J connectivity index is 2.55. The molecule has 0 spiro atoms. The molecule has 24 heavy (non-hydrogen) atoms. The van der Waals surface area contributed by atoms with Gasteiger partial charge in [-0.3, -0.25) is 4.79 Å². The molecule has 1 aromatic heterocycles. The highest BCUT2D eigenvalue weighted by atomic mass is 35.5. The number of benzene rings is 1. The molecule has 0 unspecified atom stereocenters. The van der Waals surface area contributed by atoms with Crippen molar-refractivity contribution in [3.05, 3.63) is 39.5 Å². The van der Waals surface area contributed by atoms with E-state index in [0.29, 0.717) is 18.6 Å². The summed E-state index contributed by atoms with van der Waals surface area (Å²) in [5.74, 6) is -0.0277. The van der Waals surface area contributed by atoms with Crippen molar-refractivity contribution in [2.24, 2.45) is 0 Å². The Morgan fingerprint density at radius 3 is 2.29 bits per heavy atom. The van der Waals surface area contributed by atoms with Crippen molar-refractivity contribution in [3.63, 3.8) is 0 Å². The van der Waals surface area contributed by atoms with Crippen molar-refractivity contribution >= 4 is 46.4 Å². The lowest BCUT2D eigenvalue weighted by Crippen LogP contribution is -2.12. The van der Waals surface area contributed by atoms with Gasteiger partial charge in [0.25, 0.3) is 0 Å². The third kappa shape index (κ3) is 3.96. The molecule has 0 aliphatic heterocycles. The SMILES string of the molecule is Nc1cc(C(=O)CCCCl)n(-c2c(Cl)cc(C(F)(F)F)cc2Cl)n1. The average molecular weight is 401 g/mol. The van der Waals surface area contributed by atoms with E-state index in [2.05, 4.69) is 5.10 Å². The lowest BCUT2D eigenvalue weighted by atomic mass is 10.1. The van der Waals surface area contributed by atoms with Gasteiger partial charge in [0.1, 0.15) is 17.2 Å². The monoisotopic (exact) mass is 399 g/mol.